The van der Waals surface area contributed by atoms with Gasteiger partial charge in [0, 0.05) is 0 Å². The largest absolute Gasteiger partial charge is 0.457 e. The van der Waals surface area contributed by atoms with E-state index >= 15 is 0 Å². The van der Waals surface area contributed by atoms with Gasteiger partial charge in [-0.1, -0.05) is 25.8 Å². The van der Waals surface area contributed by atoms with Gasteiger partial charge in [0.1, 0.15) is 11.6 Å². The van der Waals surface area contributed by atoms with Crippen molar-refractivity contribution in [1.29, 1.82) is 0 Å². The summed E-state index contributed by atoms with van der Waals surface area (Å²) in [5, 5.41) is 0. The summed E-state index contributed by atoms with van der Waals surface area (Å²) >= 11 is 0. The minimum atomic E-state index is -5.32. The summed E-state index contributed by atoms with van der Waals surface area (Å²) in [5.41, 5.74) is -0.179. The van der Waals surface area contributed by atoms with E-state index in [1.165, 1.54) is 12.1 Å². The van der Waals surface area contributed by atoms with E-state index in [0.717, 1.165) is 44.6 Å². The van der Waals surface area contributed by atoms with Crippen LogP contribution in [0, 0.1) is 23.4 Å². The van der Waals surface area contributed by atoms with Crippen LogP contribution in [0.25, 0.3) is 11.1 Å². The number of hydrogen-bond donors (Lipinski definition) is 0. The minimum Gasteiger partial charge on any atom is -0.449 e. The Kier molecular flexibility index (Phi) is 7.17. The Morgan fingerprint density at radius 3 is 2.06 bits per heavy atom. The lowest BCUT2D eigenvalue weighted by Gasteiger charge is -2.29. The molecule has 0 saturated heterocycles. The summed E-state index contributed by atoms with van der Waals surface area (Å²) in [6, 6.07) is 4.78. The van der Waals surface area contributed by atoms with Crippen molar-refractivity contribution in [3.63, 3.8) is 0 Å². The van der Waals surface area contributed by atoms with Crippen LogP contribution >= 0.6 is 0 Å². The molecule has 1 aliphatic rings. The highest BCUT2D eigenvalue weighted by atomic mass is 19.4. The second kappa shape index (κ2) is 9.49. The Balaban J connectivity index is 1.80. The van der Waals surface area contributed by atoms with E-state index < -0.39 is 41.3 Å². The first-order valence-corrected chi connectivity index (χ1v) is 10.3. The van der Waals surface area contributed by atoms with Crippen molar-refractivity contribution in [2.45, 2.75) is 63.9 Å². The summed E-state index contributed by atoms with van der Waals surface area (Å²) in [5.74, 6) is -3.46. The predicted molar refractivity (Wildman–Crippen MR) is 103 cm³/mol. The first kappa shape index (κ1) is 23.4. The van der Waals surface area contributed by atoms with E-state index in [1.54, 1.807) is 0 Å². The zero-order chi connectivity index (χ0) is 22.8. The summed E-state index contributed by atoms with van der Waals surface area (Å²) in [4.78, 5) is 0. The van der Waals surface area contributed by atoms with Crippen LogP contribution in [0.3, 0.4) is 0 Å². The molecule has 0 aliphatic heterocycles. The van der Waals surface area contributed by atoms with Gasteiger partial charge in [-0.15, -0.1) is 0 Å². The van der Waals surface area contributed by atoms with Crippen LogP contribution < -0.4 is 4.74 Å². The van der Waals surface area contributed by atoms with Gasteiger partial charge in [-0.2, -0.15) is 17.6 Å². The van der Waals surface area contributed by atoms with E-state index in [-0.39, 0.29) is 11.5 Å². The lowest BCUT2D eigenvalue weighted by Crippen LogP contribution is -2.30. The molecule has 2 aromatic carbocycles. The van der Waals surface area contributed by atoms with Crippen molar-refractivity contribution in [3.05, 3.63) is 53.3 Å². The Hall–Kier alpha value is -2.25. The molecule has 31 heavy (non-hydrogen) atoms. The molecule has 0 heterocycles. The highest BCUT2D eigenvalue weighted by Gasteiger charge is 2.43. The molecule has 2 aromatic rings. The van der Waals surface area contributed by atoms with Gasteiger partial charge < -0.3 is 4.74 Å². The Labute approximate surface area is 176 Å². The third-order valence-electron chi connectivity index (χ3n) is 5.79. The standard InChI is InChI=1S/C23H23F7O/c1-2-3-13-4-6-14(7-5-13)16-11-18(25)21(19(26)12-16)15-8-9-20(17(24)10-15)31-22(27)23(28,29)30/h8-14,22H,2-7H2,1H3. The fraction of sp³-hybridized carbons (Fsp3) is 0.478. The lowest BCUT2D eigenvalue weighted by atomic mass is 9.77. The number of rotatable bonds is 6. The first-order valence-electron chi connectivity index (χ1n) is 10.3. The second-order valence-corrected chi connectivity index (χ2v) is 7.99. The molecule has 1 nitrogen and oxygen atoms in total. The van der Waals surface area contributed by atoms with Gasteiger partial charge in [0.2, 0.25) is 0 Å². The topological polar surface area (TPSA) is 9.23 Å². The summed E-state index contributed by atoms with van der Waals surface area (Å²) in [7, 11) is 0. The SMILES string of the molecule is CCCC1CCC(c2cc(F)c(-c3ccc(OC(F)C(F)(F)F)c(F)c3)c(F)c2)CC1. The molecule has 1 aliphatic carbocycles. The van der Waals surface area contributed by atoms with Crippen molar-refractivity contribution in [2.75, 3.05) is 0 Å². The molecule has 8 heteroatoms. The van der Waals surface area contributed by atoms with Gasteiger partial charge >= 0.3 is 12.5 Å². The molecule has 1 fully saturated rings. The maximum atomic E-state index is 14.7. The Morgan fingerprint density at radius 1 is 0.935 bits per heavy atom. The van der Waals surface area contributed by atoms with Gasteiger partial charge in [0.05, 0.1) is 5.56 Å². The molecule has 170 valence electrons. The zero-order valence-electron chi connectivity index (χ0n) is 16.9. The number of alkyl halides is 4. The van der Waals surface area contributed by atoms with Crippen molar-refractivity contribution in [1.82, 2.24) is 0 Å². The minimum absolute atomic E-state index is 0.0440. The average molecular weight is 448 g/mol. The maximum Gasteiger partial charge on any atom is 0.457 e. The van der Waals surface area contributed by atoms with Crippen LogP contribution in [0.2, 0.25) is 0 Å². The van der Waals surface area contributed by atoms with Gasteiger partial charge in [-0.05, 0) is 72.9 Å². The van der Waals surface area contributed by atoms with E-state index in [2.05, 4.69) is 11.7 Å². The van der Waals surface area contributed by atoms with Crippen molar-refractivity contribution in [2.24, 2.45) is 5.92 Å². The molecule has 1 saturated carbocycles. The van der Waals surface area contributed by atoms with Crippen molar-refractivity contribution >= 4 is 0 Å². The second-order valence-electron chi connectivity index (χ2n) is 7.99. The molecule has 3 rings (SSSR count). The zero-order valence-corrected chi connectivity index (χ0v) is 16.9. The molecule has 0 bridgehead atoms. The van der Waals surface area contributed by atoms with Gasteiger partial charge in [0.25, 0.3) is 0 Å². The Morgan fingerprint density at radius 2 is 1.55 bits per heavy atom. The quantitative estimate of drug-likeness (QED) is 0.406. The van der Waals surface area contributed by atoms with E-state index in [9.17, 15) is 30.7 Å². The molecule has 1 atom stereocenters. The molecular formula is C23H23F7O. The van der Waals surface area contributed by atoms with Crippen LogP contribution in [-0.4, -0.2) is 12.5 Å². The van der Waals surface area contributed by atoms with E-state index in [0.29, 0.717) is 23.6 Å². The first-order chi connectivity index (χ1) is 14.6. The van der Waals surface area contributed by atoms with Gasteiger partial charge in [0.15, 0.2) is 11.6 Å². The summed E-state index contributed by atoms with van der Waals surface area (Å²) in [6.07, 6.45) is -3.10. The van der Waals surface area contributed by atoms with Crippen LogP contribution in [0.4, 0.5) is 30.7 Å². The van der Waals surface area contributed by atoms with E-state index in [1.807, 2.05) is 0 Å². The molecule has 0 radical (unpaired) electrons. The van der Waals surface area contributed by atoms with Crippen molar-refractivity contribution < 1.29 is 35.5 Å². The van der Waals surface area contributed by atoms with Crippen LogP contribution in [0.15, 0.2) is 30.3 Å². The summed E-state index contributed by atoms with van der Waals surface area (Å²) in [6.45, 7) is 2.13. The van der Waals surface area contributed by atoms with Crippen LogP contribution in [-0.2, 0) is 0 Å². The number of benzene rings is 2. The number of halogens is 7. The third kappa shape index (κ3) is 5.52. The van der Waals surface area contributed by atoms with Crippen molar-refractivity contribution in [3.8, 4) is 16.9 Å². The third-order valence-corrected chi connectivity index (χ3v) is 5.79. The van der Waals surface area contributed by atoms with Gasteiger partial charge in [-0.3, -0.25) is 0 Å². The monoisotopic (exact) mass is 448 g/mol. The lowest BCUT2D eigenvalue weighted by molar-refractivity contribution is -0.237. The molecule has 0 N–H and O–H groups in total. The Bertz CT molecular complexity index is 878. The highest BCUT2D eigenvalue weighted by molar-refractivity contribution is 5.66. The van der Waals surface area contributed by atoms with E-state index in [4.69, 9.17) is 0 Å². The molecular weight excluding hydrogens is 425 g/mol. The number of ether oxygens (including phenoxy) is 1. The fourth-order valence-electron chi connectivity index (χ4n) is 4.23. The fourth-order valence-corrected chi connectivity index (χ4v) is 4.23. The highest BCUT2D eigenvalue weighted by Crippen LogP contribution is 2.40. The number of hydrogen-bond acceptors (Lipinski definition) is 1. The normalized spacial score (nSPS) is 20.5. The van der Waals surface area contributed by atoms with Gasteiger partial charge in [-0.25, -0.2) is 13.2 Å². The molecule has 1 unspecified atom stereocenters. The summed E-state index contributed by atoms with van der Waals surface area (Å²) < 4.78 is 97.3. The maximum absolute atomic E-state index is 14.7. The molecule has 0 spiro atoms. The van der Waals surface area contributed by atoms with Crippen LogP contribution in [0.5, 0.6) is 5.75 Å². The smallest absolute Gasteiger partial charge is 0.449 e. The molecule has 0 aromatic heterocycles. The molecule has 0 amide bonds. The predicted octanol–water partition coefficient (Wildman–Crippen LogP) is 8.08. The average Bonchev–Trinajstić information content (AvgIpc) is 2.69. The van der Waals surface area contributed by atoms with Crippen LogP contribution in [0.1, 0.15) is 56.9 Å².